The fourth-order valence-corrected chi connectivity index (χ4v) is 2.87. The van der Waals surface area contributed by atoms with Crippen molar-refractivity contribution in [1.29, 1.82) is 0 Å². The molecular formula is C13H21NO3. The van der Waals surface area contributed by atoms with E-state index in [9.17, 15) is 9.59 Å². The zero-order valence-corrected chi connectivity index (χ0v) is 10.7. The van der Waals surface area contributed by atoms with Crippen molar-refractivity contribution in [3.05, 3.63) is 0 Å². The smallest absolute Gasteiger partial charge is 0.407 e. The van der Waals surface area contributed by atoms with Crippen molar-refractivity contribution in [1.82, 2.24) is 5.32 Å². The summed E-state index contributed by atoms with van der Waals surface area (Å²) in [5.41, 5.74) is -0.467. The Labute approximate surface area is 102 Å². The first-order chi connectivity index (χ1) is 7.89. The summed E-state index contributed by atoms with van der Waals surface area (Å²) in [4.78, 5) is 22.6. The van der Waals surface area contributed by atoms with Gasteiger partial charge in [0.1, 0.15) is 11.9 Å². The Morgan fingerprint density at radius 1 is 1.24 bits per heavy atom. The summed E-state index contributed by atoms with van der Waals surface area (Å²) < 4.78 is 5.24. The van der Waals surface area contributed by atoms with Gasteiger partial charge in [0, 0.05) is 12.0 Å². The maximum Gasteiger partial charge on any atom is 0.407 e. The van der Waals surface area contributed by atoms with Crippen molar-refractivity contribution in [2.24, 2.45) is 17.8 Å². The van der Waals surface area contributed by atoms with Gasteiger partial charge in [-0.1, -0.05) is 0 Å². The summed E-state index contributed by atoms with van der Waals surface area (Å²) >= 11 is 0. The number of alkyl carbamates (subject to hydrolysis) is 1. The van der Waals surface area contributed by atoms with Crippen LogP contribution in [-0.4, -0.2) is 24.0 Å². The Kier molecular flexibility index (Phi) is 3.15. The van der Waals surface area contributed by atoms with Crippen LogP contribution >= 0.6 is 0 Å². The maximum atomic E-state index is 11.7. The van der Waals surface area contributed by atoms with Crippen LogP contribution in [0, 0.1) is 17.8 Å². The highest BCUT2D eigenvalue weighted by molar-refractivity contribution is 5.68. The Balaban J connectivity index is 1.86. The molecule has 4 heteroatoms. The third kappa shape index (κ3) is 2.79. The molecule has 0 spiro atoms. The van der Waals surface area contributed by atoms with Crippen molar-refractivity contribution in [3.8, 4) is 0 Å². The van der Waals surface area contributed by atoms with Gasteiger partial charge >= 0.3 is 6.09 Å². The zero-order chi connectivity index (χ0) is 12.6. The summed E-state index contributed by atoms with van der Waals surface area (Å²) in [5, 5.41) is 2.91. The van der Waals surface area contributed by atoms with Gasteiger partial charge in [0.2, 0.25) is 0 Å². The molecule has 0 heterocycles. The lowest BCUT2D eigenvalue weighted by molar-refractivity contribution is -0.118. The third-order valence-electron chi connectivity index (χ3n) is 3.79. The average Bonchev–Trinajstić information content (AvgIpc) is 2.11. The first-order valence-electron chi connectivity index (χ1n) is 6.34. The Hall–Kier alpha value is -1.06. The van der Waals surface area contributed by atoms with E-state index >= 15 is 0 Å². The average molecular weight is 239 g/mol. The highest BCUT2D eigenvalue weighted by Gasteiger charge is 2.46. The highest BCUT2D eigenvalue weighted by atomic mass is 16.6. The van der Waals surface area contributed by atoms with Crippen LogP contribution in [0.2, 0.25) is 0 Å². The van der Waals surface area contributed by atoms with E-state index in [4.69, 9.17) is 4.74 Å². The van der Waals surface area contributed by atoms with Crippen LogP contribution in [0.1, 0.15) is 40.0 Å². The van der Waals surface area contributed by atoms with Crippen molar-refractivity contribution in [2.45, 2.75) is 51.7 Å². The molecule has 96 valence electrons. The predicted octanol–water partition coefficient (Wildman–Crippen LogP) is 2.12. The number of carbonyl (C=O) groups is 2. The molecule has 2 atom stereocenters. The third-order valence-corrected chi connectivity index (χ3v) is 3.79. The molecule has 2 bridgehead atoms. The predicted molar refractivity (Wildman–Crippen MR) is 63.5 cm³/mol. The van der Waals surface area contributed by atoms with E-state index in [-0.39, 0.29) is 18.1 Å². The summed E-state index contributed by atoms with van der Waals surface area (Å²) in [6.07, 6.45) is 3.60. The number of carbonyl (C=O) groups excluding carboxylic acids is 2. The van der Waals surface area contributed by atoms with E-state index in [1.54, 1.807) is 0 Å². The second kappa shape index (κ2) is 4.31. The fourth-order valence-electron chi connectivity index (χ4n) is 2.87. The van der Waals surface area contributed by atoms with Crippen LogP contribution in [0.4, 0.5) is 4.79 Å². The molecular weight excluding hydrogens is 218 g/mol. The normalized spacial score (nSPS) is 35.7. The number of rotatable bonds is 2. The quantitative estimate of drug-likeness (QED) is 0.751. The van der Waals surface area contributed by atoms with E-state index in [0.717, 1.165) is 25.5 Å². The molecule has 0 saturated heterocycles. The summed E-state index contributed by atoms with van der Waals surface area (Å²) in [6, 6.07) is 0.116. The van der Waals surface area contributed by atoms with Crippen LogP contribution in [-0.2, 0) is 9.53 Å². The van der Waals surface area contributed by atoms with Crippen LogP contribution in [0.15, 0.2) is 0 Å². The number of hydrogen-bond acceptors (Lipinski definition) is 3. The SMILES string of the molecule is CC(C)(C)OC(=O)N[C@H]1C[C@@H](C=O)C2CC1C2. The highest BCUT2D eigenvalue weighted by Crippen LogP contribution is 2.48. The van der Waals surface area contributed by atoms with E-state index < -0.39 is 5.60 Å². The molecule has 0 radical (unpaired) electrons. The number of fused-ring (bicyclic) bond motifs is 2. The van der Waals surface area contributed by atoms with Crippen LogP contribution in [0.25, 0.3) is 0 Å². The van der Waals surface area contributed by atoms with Gasteiger partial charge in [-0.25, -0.2) is 4.79 Å². The van der Waals surface area contributed by atoms with E-state index in [1.807, 2.05) is 20.8 Å². The van der Waals surface area contributed by atoms with E-state index in [2.05, 4.69) is 5.32 Å². The molecule has 3 aliphatic rings. The van der Waals surface area contributed by atoms with Gasteiger partial charge < -0.3 is 14.8 Å². The number of amides is 1. The number of ether oxygens (including phenoxy) is 1. The zero-order valence-electron chi connectivity index (χ0n) is 10.7. The van der Waals surface area contributed by atoms with Gasteiger partial charge in [0.15, 0.2) is 0 Å². The molecule has 0 aromatic rings. The number of hydrogen-bond donors (Lipinski definition) is 1. The first-order valence-corrected chi connectivity index (χ1v) is 6.34. The summed E-state index contributed by atoms with van der Waals surface area (Å²) in [7, 11) is 0. The van der Waals surface area contributed by atoms with Gasteiger partial charge in [-0.2, -0.15) is 0 Å². The molecule has 4 nitrogen and oxygen atoms in total. The van der Waals surface area contributed by atoms with Gasteiger partial charge in [-0.15, -0.1) is 0 Å². The van der Waals surface area contributed by atoms with Crippen LogP contribution < -0.4 is 5.32 Å². The van der Waals surface area contributed by atoms with Gasteiger partial charge in [0.05, 0.1) is 0 Å². The van der Waals surface area contributed by atoms with Crippen molar-refractivity contribution >= 4 is 12.4 Å². The summed E-state index contributed by atoms with van der Waals surface area (Å²) in [6.45, 7) is 5.54. The maximum absolute atomic E-state index is 11.7. The lowest BCUT2D eigenvalue weighted by atomic mass is 9.58. The molecule has 3 fully saturated rings. The number of nitrogens with one attached hydrogen (secondary N) is 1. The summed E-state index contributed by atoms with van der Waals surface area (Å²) in [5.74, 6) is 1.23. The second-order valence-electron chi connectivity index (χ2n) is 6.28. The molecule has 17 heavy (non-hydrogen) atoms. The minimum absolute atomic E-state index is 0.116. The largest absolute Gasteiger partial charge is 0.444 e. The minimum Gasteiger partial charge on any atom is -0.444 e. The molecule has 1 amide bonds. The lowest BCUT2D eigenvalue weighted by Gasteiger charge is -2.49. The fraction of sp³-hybridized carbons (Fsp3) is 0.846. The first kappa shape index (κ1) is 12.4. The topological polar surface area (TPSA) is 55.4 Å². The lowest BCUT2D eigenvalue weighted by Crippen LogP contribution is -2.54. The van der Waals surface area contributed by atoms with E-state index in [1.165, 1.54) is 0 Å². The molecule has 3 rings (SSSR count). The molecule has 3 aliphatic carbocycles. The van der Waals surface area contributed by atoms with Gasteiger partial charge in [-0.3, -0.25) is 0 Å². The second-order valence-corrected chi connectivity index (χ2v) is 6.28. The standard InChI is InChI=1S/C13H21NO3/c1-13(2,3)17-12(16)14-11-6-10(7-15)8-4-9(11)5-8/h7-11H,4-6H2,1-3H3,(H,14,16)/t8?,9?,10-,11-/m0/s1. The van der Waals surface area contributed by atoms with Gasteiger partial charge in [0.25, 0.3) is 0 Å². The minimum atomic E-state index is -0.467. The molecule has 3 saturated carbocycles. The Morgan fingerprint density at radius 2 is 1.88 bits per heavy atom. The van der Waals surface area contributed by atoms with Crippen molar-refractivity contribution in [3.63, 3.8) is 0 Å². The molecule has 0 aromatic carbocycles. The molecule has 1 N–H and O–H groups in total. The van der Waals surface area contributed by atoms with Crippen LogP contribution in [0.5, 0.6) is 0 Å². The van der Waals surface area contributed by atoms with Gasteiger partial charge in [-0.05, 0) is 51.9 Å². The number of aldehydes is 1. The molecule has 0 aromatic heterocycles. The van der Waals surface area contributed by atoms with Crippen molar-refractivity contribution in [2.75, 3.05) is 0 Å². The Bertz CT molecular complexity index is 315. The molecule has 0 unspecified atom stereocenters. The molecule has 0 aliphatic heterocycles. The Morgan fingerprint density at radius 3 is 2.41 bits per heavy atom. The monoisotopic (exact) mass is 239 g/mol. The van der Waals surface area contributed by atoms with Crippen molar-refractivity contribution < 1.29 is 14.3 Å². The van der Waals surface area contributed by atoms with Crippen LogP contribution in [0.3, 0.4) is 0 Å². The van der Waals surface area contributed by atoms with E-state index in [0.29, 0.717) is 11.8 Å².